The molecule has 0 N–H and O–H groups in total. The molecule has 1 fully saturated rings. The molecule has 5 heteroatoms. The van der Waals surface area contributed by atoms with Crippen molar-refractivity contribution in [2.24, 2.45) is 0 Å². The summed E-state index contributed by atoms with van der Waals surface area (Å²) >= 11 is 3.48. The molecule has 1 aromatic rings. The van der Waals surface area contributed by atoms with Crippen molar-refractivity contribution in [3.63, 3.8) is 0 Å². The van der Waals surface area contributed by atoms with Crippen molar-refractivity contribution in [3.05, 3.63) is 34.3 Å². The number of carbonyl (C=O) groups is 1. The van der Waals surface area contributed by atoms with E-state index in [1.807, 2.05) is 32.9 Å². The van der Waals surface area contributed by atoms with Gasteiger partial charge in [0.25, 0.3) is 0 Å². The molecule has 1 unspecified atom stereocenters. The summed E-state index contributed by atoms with van der Waals surface area (Å²) in [6, 6.07) is 8.11. The largest absolute Gasteiger partial charge is 0.444 e. The van der Waals surface area contributed by atoms with Crippen LogP contribution in [0.4, 0.5) is 4.79 Å². The number of nitrogens with zero attached hydrogens (tertiary/aromatic N) is 1. The minimum atomic E-state index is -0.467. The second kappa shape index (κ2) is 7.22. The number of halogens is 1. The first-order valence-corrected chi connectivity index (χ1v) is 8.89. The van der Waals surface area contributed by atoms with Crippen LogP contribution >= 0.6 is 15.9 Å². The third-order valence-corrected chi connectivity index (χ3v) is 4.54. The topological polar surface area (TPSA) is 38.8 Å². The fraction of sp³-hybridized carbons (Fsp3) is 0.611. The van der Waals surface area contributed by atoms with Crippen LogP contribution in [0, 0.1) is 0 Å². The zero-order chi connectivity index (χ0) is 17.1. The zero-order valence-electron chi connectivity index (χ0n) is 14.4. The van der Waals surface area contributed by atoms with E-state index in [9.17, 15) is 4.79 Å². The minimum absolute atomic E-state index is 0.251. The van der Waals surface area contributed by atoms with Crippen molar-refractivity contribution >= 4 is 22.0 Å². The van der Waals surface area contributed by atoms with Gasteiger partial charge in [-0.3, -0.25) is 0 Å². The molecule has 1 aliphatic heterocycles. The van der Waals surface area contributed by atoms with Crippen molar-refractivity contribution in [1.29, 1.82) is 0 Å². The molecular formula is C18H26BrNO3. The highest BCUT2D eigenvalue weighted by Gasteiger charge is 2.40. The van der Waals surface area contributed by atoms with E-state index in [2.05, 4.69) is 35.0 Å². The van der Waals surface area contributed by atoms with Crippen molar-refractivity contribution in [2.75, 3.05) is 13.1 Å². The maximum Gasteiger partial charge on any atom is 0.410 e. The number of rotatable bonds is 4. The standard InChI is InChI=1S/C18H26BrNO3/c1-5-18(22-12-14-7-6-8-15(19)11-14)9-10-20(13-18)16(21)23-17(2,3)4/h6-8,11H,5,9-10,12-13H2,1-4H3. The van der Waals surface area contributed by atoms with E-state index in [0.717, 1.165) is 22.9 Å². The lowest BCUT2D eigenvalue weighted by Crippen LogP contribution is -2.40. The van der Waals surface area contributed by atoms with Crippen molar-refractivity contribution < 1.29 is 14.3 Å². The average molecular weight is 384 g/mol. The minimum Gasteiger partial charge on any atom is -0.444 e. The van der Waals surface area contributed by atoms with Gasteiger partial charge in [-0.05, 0) is 51.3 Å². The number of benzene rings is 1. The Kier molecular flexibility index (Phi) is 5.74. The molecule has 0 spiro atoms. The molecule has 2 rings (SSSR count). The molecule has 1 heterocycles. The van der Waals surface area contributed by atoms with E-state index in [0.29, 0.717) is 19.7 Å². The lowest BCUT2D eigenvalue weighted by molar-refractivity contribution is -0.0528. The van der Waals surface area contributed by atoms with Gasteiger partial charge in [0, 0.05) is 11.0 Å². The summed E-state index contributed by atoms with van der Waals surface area (Å²) in [6.07, 6.45) is 1.47. The summed E-state index contributed by atoms with van der Waals surface area (Å²) in [5.74, 6) is 0. The third-order valence-electron chi connectivity index (χ3n) is 4.05. The predicted octanol–water partition coefficient (Wildman–Crippen LogP) is 4.76. The average Bonchev–Trinajstić information content (AvgIpc) is 2.89. The summed E-state index contributed by atoms with van der Waals surface area (Å²) in [5.41, 5.74) is 0.383. The van der Waals surface area contributed by atoms with E-state index < -0.39 is 5.60 Å². The van der Waals surface area contributed by atoms with Gasteiger partial charge in [0.15, 0.2) is 0 Å². The lowest BCUT2D eigenvalue weighted by Gasteiger charge is -2.29. The van der Waals surface area contributed by atoms with Gasteiger partial charge in [-0.15, -0.1) is 0 Å². The van der Waals surface area contributed by atoms with Crippen molar-refractivity contribution in [2.45, 2.75) is 58.3 Å². The number of ether oxygens (including phenoxy) is 2. The molecule has 1 atom stereocenters. The molecule has 1 amide bonds. The fourth-order valence-corrected chi connectivity index (χ4v) is 3.15. The van der Waals surface area contributed by atoms with Crippen LogP contribution < -0.4 is 0 Å². The number of hydrogen-bond acceptors (Lipinski definition) is 3. The van der Waals surface area contributed by atoms with Gasteiger partial charge in [0.05, 0.1) is 18.8 Å². The summed E-state index contributed by atoms with van der Waals surface area (Å²) in [4.78, 5) is 14.0. The quantitative estimate of drug-likeness (QED) is 0.752. The molecule has 4 nitrogen and oxygen atoms in total. The summed E-state index contributed by atoms with van der Waals surface area (Å²) < 4.78 is 12.7. The Labute approximate surface area is 147 Å². The van der Waals surface area contributed by atoms with Crippen LogP contribution in [0.3, 0.4) is 0 Å². The first-order valence-electron chi connectivity index (χ1n) is 8.09. The Balaban J connectivity index is 1.96. The second-order valence-corrected chi connectivity index (χ2v) is 8.02. The van der Waals surface area contributed by atoms with Crippen LogP contribution in [0.15, 0.2) is 28.7 Å². The van der Waals surface area contributed by atoms with E-state index in [1.54, 1.807) is 4.90 Å². The van der Waals surface area contributed by atoms with Gasteiger partial charge in [-0.2, -0.15) is 0 Å². The number of hydrogen-bond donors (Lipinski definition) is 0. The molecule has 0 saturated carbocycles. The van der Waals surface area contributed by atoms with Gasteiger partial charge in [0.2, 0.25) is 0 Å². The number of carbonyl (C=O) groups excluding carboxylic acids is 1. The highest BCUT2D eigenvalue weighted by atomic mass is 79.9. The lowest BCUT2D eigenvalue weighted by atomic mass is 9.99. The van der Waals surface area contributed by atoms with Gasteiger partial charge in [-0.25, -0.2) is 4.79 Å². The van der Waals surface area contributed by atoms with Crippen molar-refractivity contribution in [1.82, 2.24) is 4.90 Å². The first kappa shape index (κ1) is 18.3. The first-order chi connectivity index (χ1) is 10.7. The number of amides is 1. The summed E-state index contributed by atoms with van der Waals surface area (Å²) in [7, 11) is 0. The van der Waals surface area contributed by atoms with Crippen LogP contribution in [-0.2, 0) is 16.1 Å². The van der Waals surface area contributed by atoms with Crippen molar-refractivity contribution in [3.8, 4) is 0 Å². The van der Waals surface area contributed by atoms with Gasteiger partial charge in [-0.1, -0.05) is 35.0 Å². The fourth-order valence-electron chi connectivity index (χ4n) is 2.70. The van der Waals surface area contributed by atoms with E-state index >= 15 is 0 Å². The third kappa shape index (κ3) is 5.21. The Morgan fingerprint density at radius 2 is 2.13 bits per heavy atom. The van der Waals surface area contributed by atoms with Gasteiger partial charge >= 0.3 is 6.09 Å². The van der Waals surface area contributed by atoms with E-state index in [1.165, 1.54) is 0 Å². The SMILES string of the molecule is CCC1(OCc2cccc(Br)c2)CCN(C(=O)OC(C)(C)C)C1. The molecule has 1 saturated heterocycles. The molecule has 1 aromatic carbocycles. The van der Waals surface area contributed by atoms with Crippen LogP contribution in [0.5, 0.6) is 0 Å². The molecule has 0 bridgehead atoms. The second-order valence-electron chi connectivity index (χ2n) is 7.11. The molecule has 1 aliphatic rings. The van der Waals surface area contributed by atoms with Crippen LogP contribution in [0.25, 0.3) is 0 Å². The zero-order valence-corrected chi connectivity index (χ0v) is 16.0. The maximum absolute atomic E-state index is 12.2. The predicted molar refractivity (Wildman–Crippen MR) is 94.4 cm³/mol. The normalized spacial score (nSPS) is 21.5. The maximum atomic E-state index is 12.2. The molecule has 0 radical (unpaired) electrons. The Morgan fingerprint density at radius 3 is 2.74 bits per heavy atom. The molecule has 23 heavy (non-hydrogen) atoms. The molecule has 0 aromatic heterocycles. The van der Waals surface area contributed by atoms with Crippen LogP contribution in [0.1, 0.15) is 46.1 Å². The van der Waals surface area contributed by atoms with E-state index in [4.69, 9.17) is 9.47 Å². The van der Waals surface area contributed by atoms with E-state index in [-0.39, 0.29) is 11.7 Å². The van der Waals surface area contributed by atoms with Gasteiger partial charge in [0.1, 0.15) is 5.60 Å². The highest BCUT2D eigenvalue weighted by molar-refractivity contribution is 9.10. The molecule has 128 valence electrons. The Bertz CT molecular complexity index is 555. The highest BCUT2D eigenvalue weighted by Crippen LogP contribution is 2.31. The number of likely N-dealkylation sites (tertiary alicyclic amines) is 1. The summed E-state index contributed by atoms with van der Waals surface area (Å²) in [6.45, 7) is 9.59. The smallest absolute Gasteiger partial charge is 0.410 e. The Morgan fingerprint density at radius 1 is 1.39 bits per heavy atom. The Hall–Kier alpha value is -1.07. The van der Waals surface area contributed by atoms with Crippen LogP contribution in [-0.4, -0.2) is 35.3 Å². The summed E-state index contributed by atoms with van der Waals surface area (Å²) in [5, 5.41) is 0. The molecular weight excluding hydrogens is 358 g/mol. The van der Waals surface area contributed by atoms with Gasteiger partial charge < -0.3 is 14.4 Å². The molecule has 0 aliphatic carbocycles. The monoisotopic (exact) mass is 383 g/mol. The van der Waals surface area contributed by atoms with Crippen LogP contribution in [0.2, 0.25) is 0 Å².